The molecule has 0 aliphatic rings. The Morgan fingerprint density at radius 3 is 2.06 bits per heavy atom. The molecule has 2 aromatic rings. The molecule has 0 aromatic heterocycles. The minimum absolute atomic E-state index is 0.254. The normalized spacial score (nSPS) is 12.2. The summed E-state index contributed by atoms with van der Waals surface area (Å²) in [4.78, 5) is 34.6. The van der Waals surface area contributed by atoms with Crippen molar-refractivity contribution in [2.24, 2.45) is 0 Å². The van der Waals surface area contributed by atoms with E-state index >= 15 is 0 Å². The zero-order chi connectivity index (χ0) is 22.7. The molecule has 31 heavy (non-hydrogen) atoms. The maximum Gasteiger partial charge on any atom is 0.251 e. The number of ether oxygens (including phenoxy) is 1. The van der Waals surface area contributed by atoms with Gasteiger partial charge >= 0.3 is 0 Å². The van der Waals surface area contributed by atoms with Gasteiger partial charge in [0.05, 0.1) is 26.2 Å². The maximum absolute atomic E-state index is 12.6. The molecule has 1 amide bonds. The standard InChI is InChI=1S/C25H32N2O4/c1-4-27(5-2,6-3)16-17-31-24(21-10-8-7-9-11-21)18-26-25(30)22-14-12-20(13-15-22)23(29)19-28/h7-15,19,24H,4-6,16-18H2,1-3H3/p+1. The van der Waals surface area contributed by atoms with Gasteiger partial charge in [0.15, 0.2) is 6.29 Å². The zero-order valence-electron chi connectivity index (χ0n) is 18.7. The first-order chi connectivity index (χ1) is 15.0. The number of ketones is 1. The van der Waals surface area contributed by atoms with E-state index in [4.69, 9.17) is 4.74 Å². The quantitative estimate of drug-likeness (QED) is 0.231. The van der Waals surface area contributed by atoms with Crippen molar-refractivity contribution < 1.29 is 23.6 Å². The average molecular weight is 426 g/mol. The summed E-state index contributed by atoms with van der Waals surface area (Å²) in [5.41, 5.74) is 1.70. The van der Waals surface area contributed by atoms with E-state index in [-0.39, 0.29) is 23.9 Å². The van der Waals surface area contributed by atoms with Crippen molar-refractivity contribution in [2.75, 3.05) is 39.3 Å². The fraction of sp³-hybridized carbons (Fsp3) is 0.400. The third-order valence-electron chi connectivity index (χ3n) is 6.06. The number of nitrogens with zero attached hydrogens (tertiary/aromatic N) is 1. The van der Waals surface area contributed by atoms with Gasteiger partial charge in [0.1, 0.15) is 12.6 Å². The van der Waals surface area contributed by atoms with Gasteiger partial charge in [0.2, 0.25) is 5.78 Å². The Kier molecular flexibility index (Phi) is 9.56. The van der Waals surface area contributed by atoms with Gasteiger partial charge in [-0.2, -0.15) is 0 Å². The van der Waals surface area contributed by atoms with Gasteiger partial charge in [0.25, 0.3) is 5.91 Å². The molecule has 0 aliphatic carbocycles. The van der Waals surface area contributed by atoms with Crippen molar-refractivity contribution in [1.82, 2.24) is 5.32 Å². The molecule has 2 aromatic carbocycles. The van der Waals surface area contributed by atoms with Crippen molar-refractivity contribution >= 4 is 18.0 Å². The number of quaternary nitrogens is 1. The lowest BCUT2D eigenvalue weighted by Gasteiger charge is -2.36. The van der Waals surface area contributed by atoms with Crippen LogP contribution in [0.3, 0.4) is 0 Å². The second-order valence-electron chi connectivity index (χ2n) is 7.55. The first-order valence-corrected chi connectivity index (χ1v) is 10.9. The van der Waals surface area contributed by atoms with Gasteiger partial charge in [-0.15, -0.1) is 0 Å². The largest absolute Gasteiger partial charge is 0.366 e. The summed E-state index contributed by atoms with van der Waals surface area (Å²) in [5, 5.41) is 2.93. The average Bonchev–Trinajstić information content (AvgIpc) is 2.84. The molecular formula is C25H33N2O4+. The molecule has 1 N–H and O–H groups in total. The first kappa shape index (κ1) is 24.4. The Hall–Kier alpha value is -2.83. The molecule has 0 saturated carbocycles. The summed E-state index contributed by atoms with van der Waals surface area (Å²) in [6.45, 7) is 11.7. The summed E-state index contributed by atoms with van der Waals surface area (Å²) < 4.78 is 7.23. The van der Waals surface area contributed by atoms with Gasteiger partial charge in [-0.3, -0.25) is 14.4 Å². The zero-order valence-corrected chi connectivity index (χ0v) is 18.7. The lowest BCUT2D eigenvalue weighted by atomic mass is 10.1. The van der Waals surface area contributed by atoms with Crippen molar-refractivity contribution in [3.8, 4) is 0 Å². The lowest BCUT2D eigenvalue weighted by Crippen LogP contribution is -2.49. The fourth-order valence-corrected chi connectivity index (χ4v) is 3.62. The molecule has 0 saturated heterocycles. The Morgan fingerprint density at radius 2 is 1.52 bits per heavy atom. The Morgan fingerprint density at radius 1 is 0.935 bits per heavy atom. The van der Waals surface area contributed by atoms with Crippen LogP contribution >= 0.6 is 0 Å². The molecule has 6 heteroatoms. The number of nitrogens with one attached hydrogen (secondary N) is 1. The van der Waals surface area contributed by atoms with E-state index in [1.807, 2.05) is 30.3 Å². The van der Waals surface area contributed by atoms with Crippen LogP contribution in [0.15, 0.2) is 54.6 Å². The molecule has 6 nitrogen and oxygen atoms in total. The minimum atomic E-state index is -0.606. The number of amides is 1. The Balaban J connectivity index is 2.02. The Bertz CT molecular complexity index is 837. The van der Waals surface area contributed by atoms with Crippen molar-refractivity contribution in [2.45, 2.75) is 26.9 Å². The van der Waals surface area contributed by atoms with Crippen LogP contribution in [0.4, 0.5) is 0 Å². The monoisotopic (exact) mass is 425 g/mol. The SMILES string of the molecule is CC[N+](CC)(CC)CCOC(CNC(=O)c1ccc(C(=O)C=O)cc1)c1ccccc1. The van der Waals surface area contributed by atoms with E-state index in [1.54, 1.807) is 12.1 Å². The minimum Gasteiger partial charge on any atom is -0.366 e. The molecule has 0 bridgehead atoms. The number of benzene rings is 2. The van der Waals surface area contributed by atoms with E-state index in [1.165, 1.54) is 12.1 Å². The van der Waals surface area contributed by atoms with Crippen LogP contribution in [0.25, 0.3) is 0 Å². The third-order valence-corrected chi connectivity index (χ3v) is 6.06. The van der Waals surface area contributed by atoms with Crippen molar-refractivity contribution in [3.05, 3.63) is 71.3 Å². The summed E-state index contributed by atoms with van der Waals surface area (Å²) in [6, 6.07) is 15.9. The highest BCUT2D eigenvalue weighted by Crippen LogP contribution is 2.17. The molecular weight excluding hydrogens is 392 g/mol. The van der Waals surface area contributed by atoms with E-state index < -0.39 is 5.78 Å². The highest BCUT2D eigenvalue weighted by atomic mass is 16.5. The van der Waals surface area contributed by atoms with Crippen LogP contribution in [0.5, 0.6) is 0 Å². The van der Waals surface area contributed by atoms with Crippen molar-refractivity contribution in [3.63, 3.8) is 0 Å². The second kappa shape index (κ2) is 12.1. The molecule has 0 spiro atoms. The van der Waals surface area contributed by atoms with Gasteiger partial charge in [-0.1, -0.05) is 42.5 Å². The predicted octanol–water partition coefficient (Wildman–Crippen LogP) is 3.43. The van der Waals surface area contributed by atoms with Crippen LogP contribution in [-0.2, 0) is 9.53 Å². The molecule has 1 atom stereocenters. The smallest absolute Gasteiger partial charge is 0.251 e. The van der Waals surface area contributed by atoms with E-state index in [9.17, 15) is 14.4 Å². The number of hydrogen-bond donors (Lipinski definition) is 1. The van der Waals surface area contributed by atoms with Gasteiger partial charge < -0.3 is 14.5 Å². The highest BCUT2D eigenvalue weighted by Gasteiger charge is 2.22. The molecule has 0 aliphatic heterocycles. The van der Waals surface area contributed by atoms with Gasteiger partial charge in [0, 0.05) is 17.7 Å². The fourth-order valence-electron chi connectivity index (χ4n) is 3.62. The summed E-state index contributed by atoms with van der Waals surface area (Å²) in [5.74, 6) is -0.861. The molecule has 0 fully saturated rings. The molecule has 0 heterocycles. The number of Topliss-reactive ketones (excluding diaryl/α,β-unsaturated/α-hetero) is 1. The van der Waals surface area contributed by atoms with E-state index in [0.29, 0.717) is 18.7 Å². The molecule has 1 unspecified atom stereocenters. The van der Waals surface area contributed by atoms with E-state index in [2.05, 4.69) is 26.1 Å². The summed E-state index contributed by atoms with van der Waals surface area (Å²) in [7, 11) is 0. The number of carbonyl (C=O) groups excluding carboxylic acids is 3. The van der Waals surface area contributed by atoms with Crippen LogP contribution in [-0.4, -0.2) is 61.8 Å². The maximum atomic E-state index is 12.6. The number of aldehydes is 1. The number of rotatable bonds is 13. The second-order valence-corrected chi connectivity index (χ2v) is 7.55. The highest BCUT2D eigenvalue weighted by molar-refractivity contribution is 6.33. The molecule has 0 radical (unpaired) electrons. The lowest BCUT2D eigenvalue weighted by molar-refractivity contribution is -0.923. The van der Waals surface area contributed by atoms with Crippen LogP contribution in [0.1, 0.15) is 53.2 Å². The molecule has 2 rings (SSSR count). The van der Waals surface area contributed by atoms with E-state index in [0.717, 1.165) is 36.2 Å². The number of carbonyl (C=O) groups is 3. The Labute approximate surface area is 184 Å². The number of likely N-dealkylation sites (N-methyl/N-ethyl adjacent to an activating group) is 1. The van der Waals surface area contributed by atoms with Crippen LogP contribution < -0.4 is 5.32 Å². The number of hydrogen-bond acceptors (Lipinski definition) is 4. The van der Waals surface area contributed by atoms with Crippen LogP contribution in [0, 0.1) is 0 Å². The first-order valence-electron chi connectivity index (χ1n) is 10.9. The summed E-state index contributed by atoms with van der Waals surface area (Å²) >= 11 is 0. The third kappa shape index (κ3) is 6.84. The van der Waals surface area contributed by atoms with Gasteiger partial charge in [-0.05, 0) is 38.5 Å². The topological polar surface area (TPSA) is 72.5 Å². The predicted molar refractivity (Wildman–Crippen MR) is 121 cm³/mol. The molecule has 166 valence electrons. The van der Waals surface area contributed by atoms with Crippen LogP contribution in [0.2, 0.25) is 0 Å². The summed E-state index contributed by atoms with van der Waals surface area (Å²) in [6.07, 6.45) is 0.00780. The van der Waals surface area contributed by atoms with Crippen molar-refractivity contribution in [1.29, 1.82) is 0 Å². The van der Waals surface area contributed by atoms with Gasteiger partial charge in [-0.25, -0.2) is 0 Å².